The second-order valence-corrected chi connectivity index (χ2v) is 16.7. The van der Waals surface area contributed by atoms with Gasteiger partial charge in [0, 0.05) is 28.7 Å². The number of esters is 1. The van der Waals surface area contributed by atoms with Crippen LogP contribution in [0.3, 0.4) is 0 Å². The average Bonchev–Trinajstić information content (AvgIpc) is 2.88. The van der Waals surface area contributed by atoms with Crippen molar-refractivity contribution in [2.75, 3.05) is 6.61 Å². The fourth-order valence-electron chi connectivity index (χ4n) is 11.7. The van der Waals surface area contributed by atoms with Gasteiger partial charge in [-0.1, -0.05) is 59.3 Å². The molecule has 7 aliphatic rings. The third-order valence-corrected chi connectivity index (χ3v) is 14.5. The topological polar surface area (TPSA) is 93.1 Å². The van der Waals surface area contributed by atoms with Crippen LogP contribution >= 0.6 is 0 Å². The van der Waals surface area contributed by atoms with E-state index >= 15 is 0 Å². The summed E-state index contributed by atoms with van der Waals surface area (Å²) in [5.41, 5.74) is 0.153. The summed E-state index contributed by atoms with van der Waals surface area (Å²) < 4.78 is 12.5. The molecule has 2 N–H and O–H groups in total. The van der Waals surface area contributed by atoms with Gasteiger partial charge in [-0.15, -0.1) is 0 Å². The molecule has 0 aromatic heterocycles. The Kier molecular flexibility index (Phi) is 6.25. The summed E-state index contributed by atoms with van der Waals surface area (Å²) in [5.74, 6) is -1.60. The van der Waals surface area contributed by atoms with Crippen molar-refractivity contribution in [3.05, 3.63) is 23.3 Å². The number of carboxylic acid groups (broad SMARTS) is 1. The van der Waals surface area contributed by atoms with Crippen LogP contribution < -0.4 is 0 Å². The van der Waals surface area contributed by atoms with E-state index in [2.05, 4.69) is 47.6 Å². The monoisotopic (exact) mass is 568 g/mol. The molecule has 228 valence electrons. The summed E-state index contributed by atoms with van der Waals surface area (Å²) >= 11 is 0. The fraction of sp³-hybridized carbons (Fsp3) is 0.829. The van der Waals surface area contributed by atoms with Crippen molar-refractivity contribution in [3.63, 3.8) is 0 Å². The molecular weight excluding hydrogens is 516 g/mol. The van der Waals surface area contributed by atoms with Crippen molar-refractivity contribution in [2.45, 2.75) is 125 Å². The van der Waals surface area contributed by atoms with E-state index in [1.807, 2.05) is 6.92 Å². The number of hydrogen-bond donors (Lipinski definition) is 2. The van der Waals surface area contributed by atoms with Crippen LogP contribution in [-0.2, 0) is 19.1 Å². The number of rotatable bonds is 3. The lowest BCUT2D eigenvalue weighted by atomic mass is 9.32. The lowest BCUT2D eigenvalue weighted by molar-refractivity contribution is -0.395. The van der Waals surface area contributed by atoms with E-state index in [0.717, 1.165) is 38.5 Å². The lowest BCUT2D eigenvalue weighted by Crippen LogP contribution is -2.73. The summed E-state index contributed by atoms with van der Waals surface area (Å²) in [5, 5.41) is 22.4. The van der Waals surface area contributed by atoms with Crippen molar-refractivity contribution in [2.24, 2.45) is 50.2 Å². The van der Waals surface area contributed by atoms with Gasteiger partial charge in [0.1, 0.15) is 11.5 Å². The van der Waals surface area contributed by atoms with Gasteiger partial charge < -0.3 is 19.7 Å². The van der Waals surface area contributed by atoms with Gasteiger partial charge >= 0.3 is 11.9 Å². The molecule has 0 aromatic rings. The van der Waals surface area contributed by atoms with Gasteiger partial charge in [0.15, 0.2) is 5.79 Å². The van der Waals surface area contributed by atoms with Crippen molar-refractivity contribution in [1.29, 1.82) is 0 Å². The van der Waals surface area contributed by atoms with Crippen LogP contribution in [0.2, 0.25) is 0 Å². The van der Waals surface area contributed by atoms with E-state index in [9.17, 15) is 19.8 Å². The second kappa shape index (κ2) is 8.71. The highest BCUT2D eigenvalue weighted by Gasteiger charge is 2.75. The van der Waals surface area contributed by atoms with Crippen molar-refractivity contribution >= 4 is 11.9 Å². The molecule has 0 aromatic carbocycles. The summed E-state index contributed by atoms with van der Waals surface area (Å²) in [4.78, 5) is 26.4. The number of fused-ring (bicyclic) bond motifs is 7. The zero-order valence-electron chi connectivity index (χ0n) is 26.6. The first-order chi connectivity index (χ1) is 18.9. The third-order valence-electron chi connectivity index (χ3n) is 14.5. The molecule has 2 heterocycles. The maximum Gasteiger partial charge on any atom is 0.333 e. The summed E-state index contributed by atoms with van der Waals surface area (Å²) in [6.07, 6.45) is 10.9. The van der Waals surface area contributed by atoms with Crippen LogP contribution in [0.15, 0.2) is 23.3 Å². The van der Waals surface area contributed by atoms with Gasteiger partial charge in [-0.25, -0.2) is 4.79 Å². The van der Waals surface area contributed by atoms with Crippen molar-refractivity contribution in [1.82, 2.24) is 0 Å². The maximum atomic E-state index is 13.4. The second-order valence-electron chi connectivity index (χ2n) is 16.7. The molecule has 3 unspecified atom stereocenters. The Morgan fingerprint density at radius 2 is 1.71 bits per heavy atom. The minimum absolute atomic E-state index is 0.000216. The van der Waals surface area contributed by atoms with Crippen LogP contribution in [0.5, 0.6) is 0 Å². The predicted octanol–water partition coefficient (Wildman–Crippen LogP) is 7.06. The summed E-state index contributed by atoms with van der Waals surface area (Å²) in [6.45, 7) is 17.9. The molecule has 2 aliphatic heterocycles. The highest BCUT2D eigenvalue weighted by molar-refractivity contribution is 5.88. The fourth-order valence-corrected chi connectivity index (χ4v) is 11.7. The van der Waals surface area contributed by atoms with Crippen molar-refractivity contribution < 1.29 is 29.3 Å². The van der Waals surface area contributed by atoms with Gasteiger partial charge in [-0.05, 0) is 93.3 Å². The number of carbonyl (C=O) groups is 2. The zero-order valence-corrected chi connectivity index (χ0v) is 26.6. The molecule has 0 amide bonds. The highest BCUT2D eigenvalue weighted by atomic mass is 16.6. The molecule has 1 spiro atoms. The predicted molar refractivity (Wildman–Crippen MR) is 157 cm³/mol. The van der Waals surface area contributed by atoms with Crippen LogP contribution in [0.25, 0.3) is 0 Å². The van der Waals surface area contributed by atoms with Crippen molar-refractivity contribution in [3.8, 4) is 0 Å². The molecule has 5 aliphatic carbocycles. The molecule has 4 saturated carbocycles. The van der Waals surface area contributed by atoms with E-state index in [1.165, 1.54) is 5.57 Å². The van der Waals surface area contributed by atoms with E-state index in [-0.39, 0.29) is 33.0 Å². The quantitative estimate of drug-likeness (QED) is 0.215. The van der Waals surface area contributed by atoms with Crippen LogP contribution in [0.4, 0.5) is 0 Å². The number of carboxylic acids is 1. The number of hydrogen-bond acceptors (Lipinski definition) is 5. The van der Waals surface area contributed by atoms with Crippen LogP contribution in [-0.4, -0.2) is 40.6 Å². The largest absolute Gasteiger partial charge is 0.481 e. The first kappa shape index (κ1) is 29.4. The van der Waals surface area contributed by atoms with E-state index in [1.54, 1.807) is 13.0 Å². The Balaban J connectivity index is 1.44. The van der Waals surface area contributed by atoms with Crippen LogP contribution in [0.1, 0.15) is 113 Å². The molecule has 0 radical (unpaired) electrons. The molecule has 2 bridgehead atoms. The number of aliphatic hydroxyl groups is 1. The third kappa shape index (κ3) is 3.50. The number of aliphatic carboxylic acids is 1. The average molecular weight is 569 g/mol. The Morgan fingerprint density at radius 1 is 1.00 bits per heavy atom. The van der Waals surface area contributed by atoms with Gasteiger partial charge in [-0.3, -0.25) is 4.79 Å². The lowest BCUT2D eigenvalue weighted by Gasteiger charge is -2.74. The standard InChI is InChI=1S/C35H52O6/c1-9-21(2)27(36)41-26-19-29(3,4)18-23-22-10-11-25-32(8,31(22,7)14-16-34(23,26)28(37)38)13-12-24-30(5,6)35(39)17-15-33(24,25)20-40-35/h9-10,23-26,39H,11-20H2,1-8H3,(H,37,38)/b21-9-/t23?,24?,25?,26-,31-,32-,33-,34+,35+/m1/s1. The van der Waals surface area contributed by atoms with E-state index in [0.29, 0.717) is 43.3 Å². The molecule has 2 saturated heterocycles. The maximum absolute atomic E-state index is 13.4. The summed E-state index contributed by atoms with van der Waals surface area (Å²) in [6, 6.07) is 0. The molecule has 7 rings (SSSR count). The summed E-state index contributed by atoms with van der Waals surface area (Å²) in [7, 11) is 0. The highest BCUT2D eigenvalue weighted by Crippen LogP contribution is 2.78. The molecule has 9 atom stereocenters. The minimum Gasteiger partial charge on any atom is -0.481 e. The Bertz CT molecular complexity index is 1220. The van der Waals surface area contributed by atoms with Gasteiger partial charge in [0.25, 0.3) is 0 Å². The molecule has 6 fully saturated rings. The van der Waals surface area contributed by atoms with Crippen LogP contribution in [0, 0.1) is 50.2 Å². The number of carbonyl (C=O) groups excluding carboxylic acids is 1. The SMILES string of the molecule is C/C=C(/C)C(=O)O[C@@H]1CC(C)(C)CC2C3=CCC4[C@]56CC[C@](O)(OC5)C(C)(C)C6CC[C@@]4(C)[C@]3(C)CC[C@]21C(=O)O. The normalized spacial score (nSPS) is 49.5. The minimum atomic E-state index is -1.11. The number of allylic oxidation sites excluding steroid dienone is 3. The zero-order chi connectivity index (χ0) is 30.0. The smallest absolute Gasteiger partial charge is 0.333 e. The van der Waals surface area contributed by atoms with Gasteiger partial charge in [0.2, 0.25) is 0 Å². The van der Waals surface area contributed by atoms with E-state index < -0.39 is 29.2 Å². The molecule has 6 heteroatoms. The first-order valence-electron chi connectivity index (χ1n) is 16.1. The van der Waals surface area contributed by atoms with Gasteiger partial charge in [0.05, 0.1) is 6.61 Å². The van der Waals surface area contributed by atoms with E-state index in [4.69, 9.17) is 9.47 Å². The number of ether oxygens (including phenoxy) is 2. The Hall–Kier alpha value is -1.66. The molecule has 41 heavy (non-hydrogen) atoms. The first-order valence-corrected chi connectivity index (χ1v) is 16.1. The molecule has 6 nitrogen and oxygen atoms in total. The van der Waals surface area contributed by atoms with Gasteiger partial charge in [-0.2, -0.15) is 0 Å². The Morgan fingerprint density at radius 3 is 2.32 bits per heavy atom. The molecular formula is C35H52O6. The Labute approximate surface area is 246 Å².